The minimum Gasteiger partial charge on any atom is -0.488 e. The van der Waals surface area contributed by atoms with Gasteiger partial charge in [-0.25, -0.2) is 0 Å². The number of benzene rings is 2. The highest BCUT2D eigenvalue weighted by Gasteiger charge is 2.36. The van der Waals surface area contributed by atoms with E-state index < -0.39 is 10.1 Å². The number of piperidine rings is 1. The minimum atomic E-state index is -3.94. The second-order valence-corrected chi connectivity index (χ2v) is 8.36. The normalized spacial score (nSPS) is 22.0. The molecule has 0 amide bonds. The van der Waals surface area contributed by atoms with Crippen LogP contribution in [0.5, 0.6) is 11.5 Å². The largest absolute Gasteiger partial charge is 0.488 e. The summed E-state index contributed by atoms with van der Waals surface area (Å²) in [6, 6.07) is 9.74. The topological polar surface area (TPSA) is 64.6 Å². The van der Waals surface area contributed by atoms with Crippen molar-refractivity contribution in [1.82, 2.24) is 5.32 Å². The molecule has 1 saturated heterocycles. The summed E-state index contributed by atoms with van der Waals surface area (Å²) in [5.74, 6) is 1.37. The maximum Gasteiger partial charge on any atom is 0.339 e. The van der Waals surface area contributed by atoms with E-state index in [4.69, 9.17) is 20.5 Å². The highest BCUT2D eigenvalue weighted by molar-refractivity contribution is 7.87. The summed E-state index contributed by atoms with van der Waals surface area (Å²) >= 11 is 6.03. The van der Waals surface area contributed by atoms with Crippen molar-refractivity contribution in [3.63, 3.8) is 0 Å². The molecule has 1 N–H and O–H groups in total. The molecule has 2 aromatic carbocycles. The molecule has 1 fully saturated rings. The van der Waals surface area contributed by atoms with Crippen LogP contribution in [-0.4, -0.2) is 27.6 Å². The van der Waals surface area contributed by atoms with Crippen molar-refractivity contribution in [3.8, 4) is 11.5 Å². The predicted octanol–water partition coefficient (Wildman–Crippen LogP) is 3.25. The average Bonchev–Trinajstić information content (AvgIpc) is 2.95. The van der Waals surface area contributed by atoms with Crippen LogP contribution in [0.3, 0.4) is 0 Å². The van der Waals surface area contributed by atoms with Crippen molar-refractivity contribution < 1.29 is 17.3 Å². The molecule has 0 saturated carbocycles. The maximum absolute atomic E-state index is 12.5. The molecule has 2 heterocycles. The molecule has 2 aliphatic rings. The third-order valence-corrected chi connectivity index (χ3v) is 6.37. The lowest BCUT2D eigenvalue weighted by Gasteiger charge is -2.24. The second-order valence-electron chi connectivity index (χ2n) is 6.40. The number of ether oxygens (including phenoxy) is 1. The number of fused-ring (bicyclic) bond motifs is 3. The van der Waals surface area contributed by atoms with Crippen molar-refractivity contribution in [2.45, 2.75) is 30.3 Å². The first-order valence-electron chi connectivity index (χ1n) is 8.16. The summed E-state index contributed by atoms with van der Waals surface area (Å²) in [7, 11) is -3.94. The summed E-state index contributed by atoms with van der Waals surface area (Å²) in [6.45, 7) is 3.54. The molecule has 2 atom stereocenters. The van der Waals surface area contributed by atoms with Gasteiger partial charge in [0.05, 0.1) is 0 Å². The Morgan fingerprint density at radius 3 is 2.88 bits per heavy atom. The van der Waals surface area contributed by atoms with Crippen molar-refractivity contribution in [2.75, 3.05) is 13.1 Å². The van der Waals surface area contributed by atoms with E-state index in [1.807, 2.05) is 6.92 Å². The Morgan fingerprint density at radius 1 is 1.24 bits per heavy atom. The maximum atomic E-state index is 12.5. The molecule has 2 aliphatic heterocycles. The standard InChI is InChI=1S/C18H18ClNO4S/c1-11-2-4-13(9-16(11)19)25(21,22)24-12-3-5-17-15(8-12)14-6-7-20-10-18(14)23-17/h2-5,8-9,14,18,20H,6-7,10H2,1H3. The smallest absolute Gasteiger partial charge is 0.339 e. The van der Waals surface area contributed by atoms with Crippen molar-refractivity contribution in [1.29, 1.82) is 0 Å². The van der Waals surface area contributed by atoms with E-state index in [0.29, 0.717) is 10.8 Å². The van der Waals surface area contributed by atoms with Gasteiger partial charge in [0.15, 0.2) is 0 Å². The molecule has 0 aliphatic carbocycles. The predicted molar refractivity (Wildman–Crippen MR) is 95.1 cm³/mol. The SMILES string of the molecule is Cc1ccc(S(=O)(=O)Oc2ccc3c(c2)C2CCNCC2O3)cc1Cl. The summed E-state index contributed by atoms with van der Waals surface area (Å²) in [5.41, 5.74) is 1.83. The number of hydrogen-bond acceptors (Lipinski definition) is 5. The Bertz CT molecular complexity index is 929. The molecule has 0 aromatic heterocycles. The minimum absolute atomic E-state index is 0.0413. The fraction of sp³-hybridized carbons (Fsp3) is 0.333. The van der Waals surface area contributed by atoms with E-state index in [1.165, 1.54) is 12.1 Å². The number of aryl methyl sites for hydroxylation is 1. The molecule has 132 valence electrons. The van der Waals surface area contributed by atoms with Gasteiger partial charge in [-0.05, 0) is 55.8 Å². The van der Waals surface area contributed by atoms with Gasteiger partial charge < -0.3 is 14.2 Å². The summed E-state index contributed by atoms with van der Waals surface area (Å²) < 4.78 is 36.3. The van der Waals surface area contributed by atoms with Crippen molar-refractivity contribution in [2.24, 2.45) is 0 Å². The molecule has 7 heteroatoms. The Balaban J connectivity index is 1.62. The van der Waals surface area contributed by atoms with Gasteiger partial charge in [0.25, 0.3) is 0 Å². The van der Waals surface area contributed by atoms with Crippen LogP contribution in [0.15, 0.2) is 41.3 Å². The molecule has 25 heavy (non-hydrogen) atoms. The van der Waals surface area contributed by atoms with Gasteiger partial charge in [-0.3, -0.25) is 0 Å². The van der Waals surface area contributed by atoms with E-state index in [1.54, 1.807) is 24.3 Å². The van der Waals surface area contributed by atoms with E-state index in [0.717, 1.165) is 36.4 Å². The van der Waals surface area contributed by atoms with Crippen molar-refractivity contribution >= 4 is 21.7 Å². The van der Waals surface area contributed by atoms with Crippen LogP contribution >= 0.6 is 11.6 Å². The van der Waals surface area contributed by atoms with E-state index in [2.05, 4.69) is 5.32 Å². The quantitative estimate of drug-likeness (QED) is 0.829. The molecule has 0 bridgehead atoms. The number of rotatable bonds is 3. The number of halogens is 1. The first-order chi connectivity index (χ1) is 11.9. The zero-order valence-corrected chi connectivity index (χ0v) is 15.2. The third kappa shape index (κ3) is 3.10. The average molecular weight is 380 g/mol. The van der Waals surface area contributed by atoms with Gasteiger partial charge in [-0.2, -0.15) is 8.42 Å². The fourth-order valence-electron chi connectivity index (χ4n) is 3.35. The molecular formula is C18H18ClNO4S. The van der Waals surface area contributed by atoms with E-state index in [9.17, 15) is 8.42 Å². The number of nitrogens with one attached hydrogen (secondary N) is 1. The first-order valence-corrected chi connectivity index (χ1v) is 9.94. The fourth-order valence-corrected chi connectivity index (χ4v) is 4.55. The Labute approximate surface area is 152 Å². The van der Waals surface area contributed by atoms with Crippen LogP contribution in [0, 0.1) is 6.92 Å². The molecule has 4 rings (SSSR count). The summed E-state index contributed by atoms with van der Waals surface area (Å²) in [4.78, 5) is 0.0413. The van der Waals surface area contributed by atoms with Crippen LogP contribution < -0.4 is 14.2 Å². The van der Waals surface area contributed by atoms with Gasteiger partial charge >= 0.3 is 10.1 Å². The zero-order chi connectivity index (χ0) is 17.6. The Kier molecular flexibility index (Phi) is 4.14. The van der Waals surface area contributed by atoms with Gasteiger partial charge in [0.2, 0.25) is 0 Å². The molecule has 0 spiro atoms. The second kappa shape index (κ2) is 6.20. The Hall–Kier alpha value is -1.76. The van der Waals surface area contributed by atoms with Gasteiger partial charge in [-0.15, -0.1) is 0 Å². The summed E-state index contributed by atoms with van der Waals surface area (Å²) in [6.07, 6.45) is 1.06. The van der Waals surface area contributed by atoms with Crippen LogP contribution in [0.2, 0.25) is 5.02 Å². The molecular weight excluding hydrogens is 362 g/mol. The van der Waals surface area contributed by atoms with Gasteiger partial charge in [0, 0.05) is 23.0 Å². The van der Waals surface area contributed by atoms with Gasteiger partial charge in [0.1, 0.15) is 22.5 Å². The van der Waals surface area contributed by atoms with Crippen LogP contribution in [0.25, 0.3) is 0 Å². The molecule has 2 aromatic rings. The van der Waals surface area contributed by atoms with Crippen LogP contribution in [0.1, 0.15) is 23.5 Å². The van der Waals surface area contributed by atoms with Crippen LogP contribution in [0.4, 0.5) is 0 Å². The molecule has 5 nitrogen and oxygen atoms in total. The van der Waals surface area contributed by atoms with Gasteiger partial charge in [-0.1, -0.05) is 17.7 Å². The van der Waals surface area contributed by atoms with E-state index >= 15 is 0 Å². The third-order valence-electron chi connectivity index (χ3n) is 4.72. The Morgan fingerprint density at radius 2 is 2.08 bits per heavy atom. The highest BCUT2D eigenvalue weighted by atomic mass is 35.5. The molecule has 2 unspecified atom stereocenters. The van der Waals surface area contributed by atoms with Crippen LogP contribution in [-0.2, 0) is 10.1 Å². The van der Waals surface area contributed by atoms with Crippen molar-refractivity contribution in [3.05, 3.63) is 52.5 Å². The zero-order valence-electron chi connectivity index (χ0n) is 13.7. The lowest BCUT2D eigenvalue weighted by molar-refractivity contribution is 0.177. The lowest BCUT2D eigenvalue weighted by atomic mass is 9.90. The summed E-state index contributed by atoms with van der Waals surface area (Å²) in [5, 5.41) is 3.70. The number of hydrogen-bond donors (Lipinski definition) is 1. The monoisotopic (exact) mass is 379 g/mol. The first kappa shape index (κ1) is 16.7. The van der Waals surface area contributed by atoms with E-state index in [-0.39, 0.29) is 16.9 Å². The lowest BCUT2D eigenvalue weighted by Crippen LogP contribution is -2.39. The molecule has 0 radical (unpaired) electrons. The highest BCUT2D eigenvalue weighted by Crippen LogP contribution is 2.43.